The van der Waals surface area contributed by atoms with Gasteiger partial charge in [0.25, 0.3) is 0 Å². The van der Waals surface area contributed by atoms with Crippen molar-refractivity contribution in [2.45, 2.75) is 4.90 Å². The molecule has 128 valence electrons. The predicted octanol–water partition coefficient (Wildman–Crippen LogP) is 3.13. The van der Waals surface area contributed by atoms with Gasteiger partial charge in [-0.3, -0.25) is 0 Å². The molecule has 3 rings (SSSR count). The monoisotopic (exact) mass is 360 g/mol. The van der Waals surface area contributed by atoms with E-state index in [4.69, 9.17) is 9.47 Å². The lowest BCUT2D eigenvalue weighted by molar-refractivity contribution is 0.404. The molecule has 1 aliphatic rings. The number of ether oxygens (including phenoxy) is 2. The minimum absolute atomic E-state index is 0.0885. The SMILES string of the molecule is COc1ccc(OC)c(N2C=C(C#N)S(=O)(=O)c3c(F)cccc32)c1. The maximum absolute atomic E-state index is 14.3. The topological polar surface area (TPSA) is 79.6 Å². The lowest BCUT2D eigenvalue weighted by atomic mass is 10.2. The Labute approximate surface area is 144 Å². The van der Waals surface area contributed by atoms with Gasteiger partial charge in [0.2, 0.25) is 9.84 Å². The van der Waals surface area contributed by atoms with Crippen molar-refractivity contribution in [3.63, 3.8) is 0 Å². The molecule has 0 atom stereocenters. The highest BCUT2D eigenvalue weighted by Gasteiger charge is 2.35. The zero-order valence-electron chi connectivity index (χ0n) is 13.4. The van der Waals surface area contributed by atoms with E-state index in [-0.39, 0.29) is 5.69 Å². The third-order valence-electron chi connectivity index (χ3n) is 3.77. The van der Waals surface area contributed by atoms with Gasteiger partial charge >= 0.3 is 0 Å². The molecule has 8 heteroatoms. The summed E-state index contributed by atoms with van der Waals surface area (Å²) in [7, 11) is -1.29. The summed E-state index contributed by atoms with van der Waals surface area (Å²) in [5.74, 6) is -0.0249. The number of nitrogens with zero attached hydrogens (tertiary/aromatic N) is 2. The van der Waals surface area contributed by atoms with Gasteiger partial charge in [0.05, 0.1) is 25.6 Å². The second-order valence-electron chi connectivity index (χ2n) is 5.10. The second kappa shape index (κ2) is 6.11. The molecule has 2 aromatic rings. The van der Waals surface area contributed by atoms with Gasteiger partial charge in [-0.15, -0.1) is 0 Å². The van der Waals surface area contributed by atoms with Gasteiger partial charge in [-0.25, -0.2) is 12.8 Å². The molecule has 0 spiro atoms. The Bertz CT molecular complexity index is 1030. The molecular weight excluding hydrogens is 347 g/mol. The van der Waals surface area contributed by atoms with Crippen LogP contribution in [-0.2, 0) is 9.84 Å². The molecule has 25 heavy (non-hydrogen) atoms. The van der Waals surface area contributed by atoms with Crippen LogP contribution in [0, 0.1) is 17.1 Å². The van der Waals surface area contributed by atoms with Crippen LogP contribution in [0.5, 0.6) is 11.5 Å². The van der Waals surface area contributed by atoms with E-state index in [9.17, 15) is 18.1 Å². The molecule has 0 saturated carbocycles. The normalized spacial score (nSPS) is 15.0. The van der Waals surface area contributed by atoms with Crippen LogP contribution >= 0.6 is 0 Å². The number of nitriles is 1. The predicted molar refractivity (Wildman–Crippen MR) is 89.0 cm³/mol. The van der Waals surface area contributed by atoms with Crippen LogP contribution in [0.1, 0.15) is 0 Å². The van der Waals surface area contributed by atoms with Gasteiger partial charge in [0.15, 0.2) is 4.91 Å². The highest BCUT2D eigenvalue weighted by molar-refractivity contribution is 7.95. The van der Waals surface area contributed by atoms with Gasteiger partial charge in [-0.2, -0.15) is 5.26 Å². The summed E-state index contributed by atoms with van der Waals surface area (Å²) in [6.07, 6.45) is 1.15. The van der Waals surface area contributed by atoms with Gasteiger partial charge < -0.3 is 14.4 Å². The van der Waals surface area contributed by atoms with E-state index < -0.39 is 25.5 Å². The van der Waals surface area contributed by atoms with Crippen LogP contribution in [-0.4, -0.2) is 22.6 Å². The maximum Gasteiger partial charge on any atom is 0.223 e. The molecule has 0 amide bonds. The highest BCUT2D eigenvalue weighted by atomic mass is 32.2. The van der Waals surface area contributed by atoms with Crippen molar-refractivity contribution >= 4 is 21.2 Å². The fourth-order valence-corrected chi connectivity index (χ4v) is 3.94. The summed E-state index contributed by atoms with van der Waals surface area (Å²) in [5.41, 5.74) is 0.502. The average Bonchev–Trinajstić information content (AvgIpc) is 2.61. The standard InChI is InChI=1S/C17H13FN2O4S/c1-23-11-6-7-16(24-2)15(8-11)20-10-12(9-19)25(21,22)17-13(18)4-3-5-14(17)20/h3-8,10H,1-2H3. The van der Waals surface area contributed by atoms with E-state index in [1.54, 1.807) is 24.3 Å². The summed E-state index contributed by atoms with van der Waals surface area (Å²) >= 11 is 0. The molecule has 1 aliphatic heterocycles. The highest BCUT2D eigenvalue weighted by Crippen LogP contribution is 2.44. The molecule has 0 saturated heterocycles. The minimum Gasteiger partial charge on any atom is -0.497 e. The molecule has 0 bridgehead atoms. The van der Waals surface area contributed by atoms with Gasteiger partial charge in [0, 0.05) is 12.3 Å². The Morgan fingerprint density at radius 2 is 1.88 bits per heavy atom. The van der Waals surface area contributed by atoms with Crippen molar-refractivity contribution in [1.82, 2.24) is 0 Å². The molecule has 1 heterocycles. The van der Waals surface area contributed by atoms with E-state index in [1.807, 2.05) is 0 Å². The van der Waals surface area contributed by atoms with E-state index in [0.29, 0.717) is 17.2 Å². The maximum atomic E-state index is 14.3. The van der Waals surface area contributed by atoms with Crippen LogP contribution in [0.25, 0.3) is 0 Å². The number of methoxy groups -OCH3 is 2. The number of halogens is 1. The summed E-state index contributed by atoms with van der Waals surface area (Å²) in [4.78, 5) is 0.299. The molecule has 0 aliphatic carbocycles. The smallest absolute Gasteiger partial charge is 0.223 e. The van der Waals surface area contributed by atoms with Gasteiger partial charge in [0.1, 0.15) is 28.3 Å². The number of benzene rings is 2. The Kier molecular flexibility index (Phi) is 4.10. The number of rotatable bonds is 3. The van der Waals surface area contributed by atoms with Crippen molar-refractivity contribution in [3.05, 3.63) is 53.3 Å². The summed E-state index contributed by atoms with van der Waals surface area (Å²) in [5, 5.41) is 9.23. The Morgan fingerprint density at radius 3 is 2.52 bits per heavy atom. The third-order valence-corrected chi connectivity index (χ3v) is 5.48. The average molecular weight is 360 g/mol. The fraction of sp³-hybridized carbons (Fsp3) is 0.118. The fourth-order valence-electron chi connectivity index (χ4n) is 2.59. The van der Waals surface area contributed by atoms with Crippen LogP contribution in [0.2, 0.25) is 0 Å². The molecule has 0 unspecified atom stereocenters. The van der Waals surface area contributed by atoms with Crippen LogP contribution in [0.4, 0.5) is 15.8 Å². The zero-order valence-corrected chi connectivity index (χ0v) is 14.2. The van der Waals surface area contributed by atoms with Crippen molar-refractivity contribution in [3.8, 4) is 17.6 Å². The molecule has 0 aromatic heterocycles. The number of allylic oxidation sites excluding steroid dienone is 1. The Hall–Kier alpha value is -3.05. The lowest BCUT2D eigenvalue weighted by Crippen LogP contribution is -2.22. The second-order valence-corrected chi connectivity index (χ2v) is 6.96. The first kappa shape index (κ1) is 16.8. The molecule has 0 N–H and O–H groups in total. The molecule has 0 fully saturated rings. The number of sulfone groups is 1. The number of anilines is 2. The van der Waals surface area contributed by atoms with E-state index in [2.05, 4.69) is 0 Å². The number of hydrogen-bond donors (Lipinski definition) is 0. The Morgan fingerprint density at radius 1 is 1.12 bits per heavy atom. The molecule has 2 aromatic carbocycles. The summed E-state index contributed by atoms with van der Waals surface area (Å²) in [6, 6.07) is 10.4. The van der Waals surface area contributed by atoms with E-state index >= 15 is 0 Å². The Balaban J connectivity index is 2.35. The summed E-state index contributed by atoms with van der Waals surface area (Å²) in [6.45, 7) is 0. The largest absolute Gasteiger partial charge is 0.497 e. The molecular formula is C17H13FN2O4S. The van der Waals surface area contributed by atoms with Crippen molar-refractivity contribution in [2.75, 3.05) is 19.1 Å². The minimum atomic E-state index is -4.23. The quantitative estimate of drug-likeness (QED) is 0.837. The van der Waals surface area contributed by atoms with Crippen molar-refractivity contribution in [2.24, 2.45) is 0 Å². The number of fused-ring (bicyclic) bond motifs is 1. The van der Waals surface area contributed by atoms with Gasteiger partial charge in [-0.05, 0) is 24.3 Å². The van der Waals surface area contributed by atoms with Gasteiger partial charge in [-0.1, -0.05) is 6.07 Å². The van der Waals surface area contributed by atoms with Crippen LogP contribution in [0.3, 0.4) is 0 Å². The van der Waals surface area contributed by atoms with Crippen molar-refractivity contribution in [1.29, 1.82) is 5.26 Å². The molecule has 6 nitrogen and oxygen atoms in total. The van der Waals surface area contributed by atoms with Crippen molar-refractivity contribution < 1.29 is 22.3 Å². The van der Waals surface area contributed by atoms with E-state index in [1.165, 1.54) is 31.3 Å². The summed E-state index contributed by atoms with van der Waals surface area (Å²) < 4.78 is 49.8. The molecule has 0 radical (unpaired) electrons. The van der Waals surface area contributed by atoms with Crippen LogP contribution < -0.4 is 14.4 Å². The zero-order chi connectivity index (χ0) is 18.2. The first-order valence-corrected chi connectivity index (χ1v) is 8.59. The van der Waals surface area contributed by atoms with E-state index in [0.717, 1.165) is 12.3 Å². The van der Waals surface area contributed by atoms with Crippen LogP contribution in [0.15, 0.2) is 52.4 Å². The first-order valence-electron chi connectivity index (χ1n) is 7.11. The number of hydrogen-bond acceptors (Lipinski definition) is 6. The first-order chi connectivity index (χ1) is 11.9. The lowest BCUT2D eigenvalue weighted by Gasteiger charge is -2.29. The third kappa shape index (κ3) is 2.58.